The Morgan fingerprint density at radius 2 is 2.47 bits per heavy atom. The number of carbonyl (C=O) groups excluding carboxylic acids is 1. The van der Waals surface area contributed by atoms with E-state index in [1.54, 1.807) is 13.3 Å². The van der Waals surface area contributed by atoms with E-state index < -0.39 is 0 Å². The van der Waals surface area contributed by atoms with E-state index in [0.717, 1.165) is 12.1 Å². The van der Waals surface area contributed by atoms with Crippen molar-refractivity contribution in [2.45, 2.75) is 25.5 Å². The van der Waals surface area contributed by atoms with Gasteiger partial charge in [0.25, 0.3) is 0 Å². The molecule has 0 aromatic carbocycles. The molecule has 1 aliphatic heterocycles. The lowest BCUT2D eigenvalue weighted by atomic mass is 10.2. The molecule has 0 spiro atoms. The third kappa shape index (κ3) is 3.01. The molecule has 1 fully saturated rings. The Labute approximate surface area is 101 Å². The molecule has 1 aromatic rings. The van der Waals surface area contributed by atoms with Crippen molar-refractivity contribution >= 4 is 11.7 Å². The number of nitrogens with one attached hydrogen (secondary N) is 2. The van der Waals surface area contributed by atoms with Gasteiger partial charge in [0.05, 0.1) is 12.1 Å². The van der Waals surface area contributed by atoms with E-state index in [0.29, 0.717) is 12.2 Å². The van der Waals surface area contributed by atoms with Crippen LogP contribution in [0.1, 0.15) is 12.0 Å². The summed E-state index contributed by atoms with van der Waals surface area (Å²) >= 11 is 0. The van der Waals surface area contributed by atoms with E-state index in [-0.39, 0.29) is 18.1 Å². The predicted molar refractivity (Wildman–Crippen MR) is 64.8 cm³/mol. The second kappa shape index (κ2) is 5.25. The minimum atomic E-state index is -0.192. The number of carbonyl (C=O) groups is 1. The zero-order valence-corrected chi connectivity index (χ0v) is 10.1. The standard InChI is InChI=1S/C12H17N3O2/c1-8-3-4-13-11(5-8)15-12(16)10-6-9(17-2)7-14-10/h3-5,9-10,14H,6-7H2,1-2H3,(H,13,15,16)/t9-,10-/m0/s1. The van der Waals surface area contributed by atoms with Gasteiger partial charge in [-0.05, 0) is 31.0 Å². The Morgan fingerprint density at radius 1 is 1.65 bits per heavy atom. The van der Waals surface area contributed by atoms with Gasteiger partial charge in [0.15, 0.2) is 0 Å². The summed E-state index contributed by atoms with van der Waals surface area (Å²) in [4.78, 5) is 16.0. The van der Waals surface area contributed by atoms with E-state index in [2.05, 4.69) is 15.6 Å². The van der Waals surface area contributed by atoms with Crippen molar-refractivity contribution in [1.29, 1.82) is 0 Å². The van der Waals surface area contributed by atoms with Crippen molar-refractivity contribution in [2.75, 3.05) is 19.0 Å². The first-order valence-corrected chi connectivity index (χ1v) is 5.68. The van der Waals surface area contributed by atoms with Gasteiger partial charge in [-0.1, -0.05) is 0 Å². The van der Waals surface area contributed by atoms with E-state index in [9.17, 15) is 4.79 Å². The first kappa shape index (κ1) is 12.0. The molecule has 0 radical (unpaired) electrons. The van der Waals surface area contributed by atoms with Crippen LogP contribution in [0, 0.1) is 6.92 Å². The van der Waals surface area contributed by atoms with E-state index in [4.69, 9.17) is 4.74 Å². The number of methoxy groups -OCH3 is 1. The monoisotopic (exact) mass is 235 g/mol. The molecule has 1 aliphatic rings. The molecule has 0 bridgehead atoms. The van der Waals surface area contributed by atoms with Gasteiger partial charge < -0.3 is 15.4 Å². The molecule has 2 atom stereocenters. The van der Waals surface area contributed by atoms with Crippen LogP contribution in [0.15, 0.2) is 18.3 Å². The molecular weight excluding hydrogens is 218 g/mol. The maximum absolute atomic E-state index is 11.9. The van der Waals surface area contributed by atoms with Crippen LogP contribution < -0.4 is 10.6 Å². The second-order valence-electron chi connectivity index (χ2n) is 4.26. The van der Waals surface area contributed by atoms with Crippen molar-refractivity contribution < 1.29 is 9.53 Å². The van der Waals surface area contributed by atoms with Gasteiger partial charge in [-0.3, -0.25) is 4.79 Å². The van der Waals surface area contributed by atoms with Crippen molar-refractivity contribution in [1.82, 2.24) is 10.3 Å². The minimum absolute atomic E-state index is 0.0531. The first-order chi connectivity index (χ1) is 8.19. The van der Waals surface area contributed by atoms with Gasteiger partial charge in [0, 0.05) is 19.9 Å². The lowest BCUT2D eigenvalue weighted by molar-refractivity contribution is -0.118. The fourth-order valence-electron chi connectivity index (χ4n) is 1.90. The fraction of sp³-hybridized carbons (Fsp3) is 0.500. The lowest BCUT2D eigenvalue weighted by Gasteiger charge is -2.10. The summed E-state index contributed by atoms with van der Waals surface area (Å²) in [5, 5.41) is 5.93. The van der Waals surface area contributed by atoms with E-state index >= 15 is 0 Å². The largest absolute Gasteiger partial charge is 0.380 e. The van der Waals surface area contributed by atoms with Gasteiger partial charge in [-0.25, -0.2) is 4.98 Å². The maximum Gasteiger partial charge on any atom is 0.242 e. The predicted octanol–water partition coefficient (Wildman–Crippen LogP) is 0.705. The number of rotatable bonds is 3. The van der Waals surface area contributed by atoms with Gasteiger partial charge >= 0.3 is 0 Å². The van der Waals surface area contributed by atoms with E-state index in [1.165, 1.54) is 0 Å². The Balaban J connectivity index is 1.93. The quantitative estimate of drug-likeness (QED) is 0.809. The molecule has 2 rings (SSSR count). The number of aryl methyl sites for hydroxylation is 1. The zero-order valence-electron chi connectivity index (χ0n) is 10.1. The molecule has 2 N–H and O–H groups in total. The van der Waals surface area contributed by atoms with Crippen LogP contribution in [0.2, 0.25) is 0 Å². The van der Waals surface area contributed by atoms with Crippen molar-refractivity contribution in [3.8, 4) is 0 Å². The third-order valence-electron chi connectivity index (χ3n) is 2.91. The van der Waals surface area contributed by atoms with Crippen molar-refractivity contribution in [3.63, 3.8) is 0 Å². The molecule has 2 heterocycles. The number of anilines is 1. The molecule has 5 nitrogen and oxygen atoms in total. The third-order valence-corrected chi connectivity index (χ3v) is 2.91. The molecule has 5 heteroatoms. The lowest BCUT2D eigenvalue weighted by Crippen LogP contribution is -2.35. The Hall–Kier alpha value is -1.46. The molecular formula is C12H17N3O2. The highest BCUT2D eigenvalue weighted by Gasteiger charge is 2.29. The highest BCUT2D eigenvalue weighted by atomic mass is 16.5. The first-order valence-electron chi connectivity index (χ1n) is 5.68. The summed E-state index contributed by atoms with van der Waals surface area (Å²) in [7, 11) is 1.66. The minimum Gasteiger partial charge on any atom is -0.380 e. The topological polar surface area (TPSA) is 63.2 Å². The Bertz CT molecular complexity index is 408. The average Bonchev–Trinajstić information content (AvgIpc) is 2.77. The highest BCUT2D eigenvalue weighted by molar-refractivity contribution is 5.94. The average molecular weight is 235 g/mol. The van der Waals surface area contributed by atoms with Gasteiger partial charge in [0.2, 0.25) is 5.91 Å². The van der Waals surface area contributed by atoms with Gasteiger partial charge in [-0.15, -0.1) is 0 Å². The number of nitrogens with zero attached hydrogens (tertiary/aromatic N) is 1. The van der Waals surface area contributed by atoms with Gasteiger partial charge in [0.1, 0.15) is 5.82 Å². The highest BCUT2D eigenvalue weighted by Crippen LogP contribution is 2.12. The SMILES string of the molecule is CO[C@@H]1CN[C@H](C(=O)Nc2cc(C)ccn2)C1. The summed E-state index contributed by atoms with van der Waals surface area (Å²) in [6.45, 7) is 2.68. The summed E-state index contributed by atoms with van der Waals surface area (Å²) in [5.74, 6) is 0.542. The number of aromatic nitrogens is 1. The normalized spacial score (nSPS) is 23.6. The van der Waals surface area contributed by atoms with Crippen LogP contribution in [0.3, 0.4) is 0 Å². The molecule has 17 heavy (non-hydrogen) atoms. The smallest absolute Gasteiger partial charge is 0.242 e. The number of hydrogen-bond acceptors (Lipinski definition) is 4. The number of hydrogen-bond donors (Lipinski definition) is 2. The molecule has 0 saturated carbocycles. The Kier molecular flexibility index (Phi) is 3.71. The molecule has 92 valence electrons. The van der Waals surface area contributed by atoms with Crippen LogP contribution >= 0.6 is 0 Å². The van der Waals surface area contributed by atoms with Crippen LogP contribution in [0.4, 0.5) is 5.82 Å². The zero-order chi connectivity index (χ0) is 12.3. The summed E-state index contributed by atoms with van der Waals surface area (Å²) in [6.07, 6.45) is 2.51. The molecule has 1 saturated heterocycles. The van der Waals surface area contributed by atoms with Gasteiger partial charge in [-0.2, -0.15) is 0 Å². The van der Waals surface area contributed by atoms with Crippen LogP contribution in [-0.2, 0) is 9.53 Å². The van der Waals surface area contributed by atoms with Crippen molar-refractivity contribution in [2.24, 2.45) is 0 Å². The summed E-state index contributed by atoms with van der Waals surface area (Å²) in [6, 6.07) is 3.55. The van der Waals surface area contributed by atoms with Crippen LogP contribution in [0.25, 0.3) is 0 Å². The Morgan fingerprint density at radius 3 is 3.12 bits per heavy atom. The van der Waals surface area contributed by atoms with Crippen LogP contribution in [0.5, 0.6) is 0 Å². The fourth-order valence-corrected chi connectivity index (χ4v) is 1.90. The molecule has 1 amide bonds. The maximum atomic E-state index is 11.9. The molecule has 1 aromatic heterocycles. The molecule has 0 unspecified atom stereocenters. The summed E-state index contributed by atoms with van der Waals surface area (Å²) in [5.41, 5.74) is 1.07. The summed E-state index contributed by atoms with van der Waals surface area (Å²) < 4.78 is 5.20. The van der Waals surface area contributed by atoms with E-state index in [1.807, 2.05) is 19.1 Å². The number of amides is 1. The number of pyridine rings is 1. The van der Waals surface area contributed by atoms with Crippen molar-refractivity contribution in [3.05, 3.63) is 23.9 Å². The second-order valence-corrected chi connectivity index (χ2v) is 4.26. The van der Waals surface area contributed by atoms with Crippen LogP contribution in [-0.4, -0.2) is 36.7 Å². The number of ether oxygens (including phenoxy) is 1. The molecule has 0 aliphatic carbocycles.